The fourth-order valence-electron chi connectivity index (χ4n) is 4.54. The number of hydrogen-bond donors (Lipinski definition) is 1. The molecule has 182 valence electrons. The lowest BCUT2D eigenvalue weighted by Crippen LogP contribution is -2.44. The lowest BCUT2D eigenvalue weighted by Gasteiger charge is -2.31. The Morgan fingerprint density at radius 2 is 1.67 bits per heavy atom. The van der Waals surface area contributed by atoms with E-state index in [2.05, 4.69) is 5.32 Å². The maximum absolute atomic E-state index is 13.9. The van der Waals surface area contributed by atoms with E-state index in [4.69, 9.17) is 5.10 Å². The van der Waals surface area contributed by atoms with Gasteiger partial charge in [-0.3, -0.25) is 14.5 Å². The quantitative estimate of drug-likeness (QED) is 0.408. The summed E-state index contributed by atoms with van der Waals surface area (Å²) in [7, 11) is 0. The molecule has 0 fully saturated rings. The van der Waals surface area contributed by atoms with Crippen LogP contribution in [0.25, 0.3) is 5.69 Å². The molecule has 3 aromatic carbocycles. The van der Waals surface area contributed by atoms with Crippen LogP contribution in [0.3, 0.4) is 0 Å². The van der Waals surface area contributed by atoms with Crippen LogP contribution in [0.2, 0.25) is 0 Å². The van der Waals surface area contributed by atoms with E-state index in [1.807, 2.05) is 104 Å². The molecule has 0 bridgehead atoms. The largest absolute Gasteiger partial charge is 0.350 e. The van der Waals surface area contributed by atoms with Crippen molar-refractivity contribution in [1.29, 1.82) is 0 Å². The van der Waals surface area contributed by atoms with Crippen molar-refractivity contribution >= 4 is 29.3 Å². The first-order valence-electron chi connectivity index (χ1n) is 11.9. The first kappa shape index (κ1) is 23.9. The lowest BCUT2D eigenvalue weighted by molar-refractivity contribution is -0.126. The molecular formula is C29H28N4O2S. The summed E-state index contributed by atoms with van der Waals surface area (Å²) >= 11 is 1.43. The van der Waals surface area contributed by atoms with E-state index in [1.54, 1.807) is 4.90 Å². The van der Waals surface area contributed by atoms with Crippen molar-refractivity contribution in [3.05, 3.63) is 107 Å². The Hall–Kier alpha value is -3.84. The fourth-order valence-corrected chi connectivity index (χ4v) is 5.62. The summed E-state index contributed by atoms with van der Waals surface area (Å²) in [4.78, 5) is 29.2. The third-order valence-electron chi connectivity index (χ3n) is 6.41. The number of aryl methyl sites for hydroxylation is 3. The van der Waals surface area contributed by atoms with Crippen LogP contribution in [0.1, 0.15) is 34.0 Å². The normalized spacial score (nSPS) is 15.4. The van der Waals surface area contributed by atoms with Gasteiger partial charge in [0.1, 0.15) is 11.1 Å². The third-order valence-corrected chi connectivity index (χ3v) is 7.46. The minimum absolute atomic E-state index is 0.111. The van der Waals surface area contributed by atoms with Gasteiger partial charge in [-0.2, -0.15) is 5.10 Å². The monoisotopic (exact) mass is 496 g/mol. The molecule has 0 saturated heterocycles. The summed E-state index contributed by atoms with van der Waals surface area (Å²) in [6.45, 7) is 6.28. The number of nitrogens with zero attached hydrogens (tertiary/aromatic N) is 3. The van der Waals surface area contributed by atoms with Gasteiger partial charge in [0.05, 0.1) is 17.1 Å². The van der Waals surface area contributed by atoms with Gasteiger partial charge in [0.15, 0.2) is 0 Å². The zero-order valence-corrected chi connectivity index (χ0v) is 21.4. The van der Waals surface area contributed by atoms with Crippen molar-refractivity contribution in [3.8, 4) is 5.69 Å². The molecule has 1 aliphatic heterocycles. The summed E-state index contributed by atoms with van der Waals surface area (Å²) < 4.78 is 1.85. The van der Waals surface area contributed by atoms with Gasteiger partial charge in [-0.05, 0) is 50.1 Å². The number of benzene rings is 3. The Kier molecular flexibility index (Phi) is 6.65. The number of fused-ring (bicyclic) bond motifs is 1. The Bertz CT molecular complexity index is 1410. The molecule has 5 rings (SSSR count). The van der Waals surface area contributed by atoms with E-state index < -0.39 is 6.04 Å². The molecule has 1 N–H and O–H groups in total. The Morgan fingerprint density at radius 1 is 0.972 bits per heavy atom. The standard InChI is InChI=1S/C29H28N4O2S/c1-19-13-15-22(16-14-19)17-30-28(35)27-26-21(3)31-33(23-10-5-4-6-11-23)29(26)36-18-25(34)32(27)24-12-8-7-9-20(24)2/h4-16,27H,17-18H2,1-3H3,(H,30,35)/t27-/m1/s1. The highest BCUT2D eigenvalue weighted by Gasteiger charge is 2.40. The Balaban J connectivity index is 1.62. The number of aromatic nitrogens is 2. The van der Waals surface area contributed by atoms with Gasteiger partial charge in [-0.25, -0.2) is 4.68 Å². The number of carbonyl (C=O) groups excluding carboxylic acids is 2. The lowest BCUT2D eigenvalue weighted by atomic mass is 10.0. The maximum Gasteiger partial charge on any atom is 0.248 e. The van der Waals surface area contributed by atoms with E-state index in [0.717, 1.165) is 44.3 Å². The van der Waals surface area contributed by atoms with Gasteiger partial charge >= 0.3 is 0 Å². The van der Waals surface area contributed by atoms with Crippen molar-refractivity contribution in [1.82, 2.24) is 15.1 Å². The summed E-state index contributed by atoms with van der Waals surface area (Å²) in [6, 6.07) is 24.7. The maximum atomic E-state index is 13.9. The second-order valence-electron chi connectivity index (χ2n) is 9.00. The highest BCUT2D eigenvalue weighted by atomic mass is 32.2. The van der Waals surface area contributed by atoms with Crippen molar-refractivity contribution < 1.29 is 9.59 Å². The van der Waals surface area contributed by atoms with Crippen molar-refractivity contribution in [3.63, 3.8) is 0 Å². The Morgan fingerprint density at radius 3 is 2.39 bits per heavy atom. The van der Waals surface area contributed by atoms with E-state index in [1.165, 1.54) is 11.8 Å². The van der Waals surface area contributed by atoms with Crippen LogP contribution in [-0.2, 0) is 16.1 Å². The molecule has 36 heavy (non-hydrogen) atoms. The average Bonchev–Trinajstić information content (AvgIpc) is 3.13. The number of amides is 2. The average molecular weight is 497 g/mol. The molecule has 0 radical (unpaired) electrons. The molecule has 1 atom stereocenters. The van der Waals surface area contributed by atoms with Crippen LogP contribution < -0.4 is 10.2 Å². The summed E-state index contributed by atoms with van der Waals surface area (Å²) in [5.41, 5.74) is 6.22. The number of para-hydroxylation sites is 2. The van der Waals surface area contributed by atoms with Crippen LogP contribution in [0, 0.1) is 20.8 Å². The van der Waals surface area contributed by atoms with Gasteiger partial charge in [-0.15, -0.1) is 0 Å². The minimum atomic E-state index is -0.841. The molecule has 0 spiro atoms. The highest BCUT2D eigenvalue weighted by Crippen LogP contribution is 2.41. The first-order valence-corrected chi connectivity index (χ1v) is 12.9. The third kappa shape index (κ3) is 4.54. The molecule has 4 aromatic rings. The number of nitrogens with one attached hydrogen (secondary N) is 1. The predicted molar refractivity (Wildman–Crippen MR) is 143 cm³/mol. The number of rotatable bonds is 5. The molecule has 2 heterocycles. The van der Waals surface area contributed by atoms with Crippen molar-refractivity contribution in [2.75, 3.05) is 10.7 Å². The van der Waals surface area contributed by atoms with E-state index >= 15 is 0 Å². The van der Waals surface area contributed by atoms with Gasteiger partial charge in [0.2, 0.25) is 11.8 Å². The van der Waals surface area contributed by atoms with Crippen LogP contribution in [0.5, 0.6) is 0 Å². The molecular weight excluding hydrogens is 468 g/mol. The van der Waals surface area contributed by atoms with E-state index in [0.29, 0.717) is 6.54 Å². The van der Waals surface area contributed by atoms with Gasteiger partial charge in [-0.1, -0.05) is 78.0 Å². The fraction of sp³-hybridized carbons (Fsp3) is 0.207. The number of carbonyl (C=O) groups is 2. The van der Waals surface area contributed by atoms with Gasteiger partial charge < -0.3 is 5.32 Å². The second-order valence-corrected chi connectivity index (χ2v) is 9.96. The topological polar surface area (TPSA) is 67.2 Å². The van der Waals surface area contributed by atoms with Gasteiger partial charge in [0.25, 0.3) is 0 Å². The SMILES string of the molecule is Cc1ccc(CNC(=O)[C@H]2c3c(C)nn(-c4ccccc4)c3SCC(=O)N2c2ccccc2C)cc1. The molecule has 7 heteroatoms. The zero-order valence-electron chi connectivity index (χ0n) is 20.6. The number of anilines is 1. The van der Waals surface area contributed by atoms with E-state index in [9.17, 15) is 9.59 Å². The van der Waals surface area contributed by atoms with Crippen molar-refractivity contribution in [2.45, 2.75) is 38.4 Å². The number of hydrogen-bond acceptors (Lipinski definition) is 4. The van der Waals surface area contributed by atoms with Crippen LogP contribution >= 0.6 is 11.8 Å². The highest BCUT2D eigenvalue weighted by molar-refractivity contribution is 8.00. The second kappa shape index (κ2) is 10.0. The van der Waals surface area contributed by atoms with Crippen LogP contribution in [0.4, 0.5) is 5.69 Å². The molecule has 2 amide bonds. The minimum Gasteiger partial charge on any atom is -0.350 e. The zero-order chi connectivity index (χ0) is 25.2. The van der Waals surface area contributed by atoms with Crippen molar-refractivity contribution in [2.24, 2.45) is 0 Å². The van der Waals surface area contributed by atoms with Gasteiger partial charge in [0, 0.05) is 17.8 Å². The molecule has 0 unspecified atom stereocenters. The first-order chi connectivity index (χ1) is 17.4. The summed E-state index contributed by atoms with van der Waals surface area (Å²) in [5, 5.41) is 8.73. The molecule has 0 aliphatic carbocycles. The number of thioether (sulfide) groups is 1. The smallest absolute Gasteiger partial charge is 0.248 e. The van der Waals surface area contributed by atoms with Crippen LogP contribution in [0.15, 0.2) is 83.9 Å². The summed E-state index contributed by atoms with van der Waals surface area (Å²) in [5.74, 6) is -0.132. The van der Waals surface area contributed by atoms with E-state index in [-0.39, 0.29) is 17.6 Å². The molecule has 0 saturated carbocycles. The van der Waals surface area contributed by atoms with Crippen LogP contribution in [-0.4, -0.2) is 27.3 Å². The molecule has 1 aromatic heterocycles. The molecule has 1 aliphatic rings. The molecule has 6 nitrogen and oxygen atoms in total. The predicted octanol–water partition coefficient (Wildman–Crippen LogP) is 5.29. The summed E-state index contributed by atoms with van der Waals surface area (Å²) in [6.07, 6.45) is 0. The Labute approximate surface area is 215 Å².